The molecule has 1 heterocycles. The van der Waals surface area contributed by atoms with Gasteiger partial charge in [-0.1, -0.05) is 26.0 Å². The molecule has 0 aliphatic heterocycles. The average molecular weight is 296 g/mol. The molecule has 0 saturated heterocycles. The SMILES string of the molecule is C=C(C1=C(NC)CC(C)(C)CC1)c1cc2c([nH]1)C=C(C)CC2. The van der Waals surface area contributed by atoms with E-state index < -0.39 is 0 Å². The predicted molar refractivity (Wildman–Crippen MR) is 95.5 cm³/mol. The number of hydrogen-bond acceptors (Lipinski definition) is 1. The zero-order chi connectivity index (χ0) is 15.9. The number of aromatic amines is 1. The summed E-state index contributed by atoms with van der Waals surface area (Å²) in [7, 11) is 2.04. The number of allylic oxidation sites excluding steroid dienone is 4. The lowest BCUT2D eigenvalue weighted by Gasteiger charge is -2.33. The lowest BCUT2D eigenvalue weighted by Crippen LogP contribution is -2.24. The van der Waals surface area contributed by atoms with Crippen molar-refractivity contribution in [1.29, 1.82) is 0 Å². The van der Waals surface area contributed by atoms with Crippen molar-refractivity contribution in [2.75, 3.05) is 7.05 Å². The second-order valence-electron chi connectivity index (χ2n) is 7.64. The minimum atomic E-state index is 0.386. The normalized spacial score (nSPS) is 20.5. The maximum absolute atomic E-state index is 4.41. The summed E-state index contributed by atoms with van der Waals surface area (Å²) in [5.74, 6) is 0. The topological polar surface area (TPSA) is 27.8 Å². The van der Waals surface area contributed by atoms with Gasteiger partial charge in [0, 0.05) is 24.1 Å². The molecular weight excluding hydrogens is 268 g/mol. The average Bonchev–Trinajstić information content (AvgIpc) is 2.88. The molecule has 0 spiro atoms. The standard InChI is InChI=1S/C20H28N2/c1-13-6-7-15-11-17(22-18(15)10-13)14(2)16-8-9-20(3,4)12-19(16)21-5/h10-11,21-22H,2,6-9,12H2,1,3-5H3. The van der Waals surface area contributed by atoms with Crippen molar-refractivity contribution in [3.8, 4) is 0 Å². The second-order valence-corrected chi connectivity index (χ2v) is 7.64. The van der Waals surface area contributed by atoms with Crippen LogP contribution < -0.4 is 5.32 Å². The van der Waals surface area contributed by atoms with Gasteiger partial charge in [-0.3, -0.25) is 0 Å². The van der Waals surface area contributed by atoms with Gasteiger partial charge in [-0.2, -0.15) is 0 Å². The van der Waals surface area contributed by atoms with Crippen molar-refractivity contribution in [3.63, 3.8) is 0 Å². The van der Waals surface area contributed by atoms with E-state index in [2.05, 4.69) is 49.8 Å². The largest absolute Gasteiger partial charge is 0.391 e. The van der Waals surface area contributed by atoms with Crippen LogP contribution in [0.15, 0.2) is 29.5 Å². The highest BCUT2D eigenvalue weighted by molar-refractivity contribution is 5.78. The summed E-state index contributed by atoms with van der Waals surface area (Å²) in [6, 6.07) is 2.31. The highest BCUT2D eigenvalue weighted by atomic mass is 14.8. The highest BCUT2D eigenvalue weighted by Gasteiger charge is 2.28. The van der Waals surface area contributed by atoms with Crippen molar-refractivity contribution in [2.45, 2.75) is 52.9 Å². The first-order chi connectivity index (χ1) is 10.4. The van der Waals surface area contributed by atoms with E-state index in [1.165, 1.54) is 52.2 Å². The van der Waals surface area contributed by atoms with Gasteiger partial charge in [0.15, 0.2) is 0 Å². The summed E-state index contributed by atoms with van der Waals surface area (Å²) in [4.78, 5) is 3.59. The minimum absolute atomic E-state index is 0.386. The van der Waals surface area contributed by atoms with E-state index in [1.807, 2.05) is 7.05 Å². The molecule has 2 N–H and O–H groups in total. The van der Waals surface area contributed by atoms with Crippen LogP contribution in [0.3, 0.4) is 0 Å². The lowest BCUT2D eigenvalue weighted by atomic mass is 9.75. The summed E-state index contributed by atoms with van der Waals surface area (Å²) in [5, 5.41) is 3.42. The Morgan fingerprint density at radius 1 is 1.27 bits per heavy atom. The Hall–Kier alpha value is -1.70. The van der Waals surface area contributed by atoms with Crippen LogP contribution >= 0.6 is 0 Å². The number of H-pyrrole nitrogens is 1. The third-order valence-corrected chi connectivity index (χ3v) is 5.18. The molecule has 2 heteroatoms. The maximum atomic E-state index is 4.41. The van der Waals surface area contributed by atoms with Gasteiger partial charge in [0.1, 0.15) is 0 Å². The van der Waals surface area contributed by atoms with Gasteiger partial charge in [0.2, 0.25) is 0 Å². The highest BCUT2D eigenvalue weighted by Crippen LogP contribution is 2.42. The number of aryl methyl sites for hydroxylation is 1. The lowest BCUT2D eigenvalue weighted by molar-refractivity contribution is 0.309. The third-order valence-electron chi connectivity index (χ3n) is 5.18. The molecule has 0 radical (unpaired) electrons. The summed E-state index contributed by atoms with van der Waals surface area (Å²) in [5.41, 5.74) is 9.69. The van der Waals surface area contributed by atoms with E-state index in [-0.39, 0.29) is 0 Å². The molecule has 2 nitrogen and oxygen atoms in total. The smallest absolute Gasteiger partial charge is 0.0458 e. The van der Waals surface area contributed by atoms with E-state index >= 15 is 0 Å². The Bertz CT molecular complexity index is 668. The van der Waals surface area contributed by atoms with Gasteiger partial charge in [-0.15, -0.1) is 0 Å². The van der Waals surface area contributed by atoms with Gasteiger partial charge in [0.25, 0.3) is 0 Å². The molecule has 2 aliphatic rings. The van der Waals surface area contributed by atoms with Crippen LogP contribution in [0.25, 0.3) is 11.6 Å². The molecule has 0 atom stereocenters. The monoisotopic (exact) mass is 296 g/mol. The van der Waals surface area contributed by atoms with Gasteiger partial charge >= 0.3 is 0 Å². The van der Waals surface area contributed by atoms with Crippen molar-refractivity contribution >= 4 is 11.6 Å². The first-order valence-corrected chi connectivity index (χ1v) is 8.38. The zero-order valence-electron chi connectivity index (χ0n) is 14.4. The Morgan fingerprint density at radius 2 is 2.05 bits per heavy atom. The van der Waals surface area contributed by atoms with E-state index in [0.29, 0.717) is 5.41 Å². The number of rotatable bonds is 3. The fraction of sp³-hybridized carbons (Fsp3) is 0.500. The number of aromatic nitrogens is 1. The molecule has 1 aromatic rings. The minimum Gasteiger partial charge on any atom is -0.391 e. The van der Waals surface area contributed by atoms with E-state index in [9.17, 15) is 0 Å². The quantitative estimate of drug-likeness (QED) is 0.801. The van der Waals surface area contributed by atoms with Gasteiger partial charge in [-0.25, -0.2) is 0 Å². The van der Waals surface area contributed by atoms with Crippen LogP contribution in [0.5, 0.6) is 0 Å². The molecule has 2 aliphatic carbocycles. The first kappa shape index (κ1) is 15.2. The molecule has 0 amide bonds. The molecule has 0 saturated carbocycles. The third kappa shape index (κ3) is 2.79. The van der Waals surface area contributed by atoms with E-state index in [1.54, 1.807) is 0 Å². The number of nitrogens with one attached hydrogen (secondary N) is 2. The van der Waals surface area contributed by atoms with Crippen LogP contribution in [-0.4, -0.2) is 12.0 Å². The molecule has 0 fully saturated rings. The summed E-state index contributed by atoms with van der Waals surface area (Å²) in [6.45, 7) is 11.3. The second kappa shape index (κ2) is 5.49. The Labute approximate surface area is 134 Å². The van der Waals surface area contributed by atoms with Crippen molar-refractivity contribution in [2.24, 2.45) is 5.41 Å². The van der Waals surface area contributed by atoms with Gasteiger partial charge in [0.05, 0.1) is 0 Å². The molecule has 1 aromatic heterocycles. The van der Waals surface area contributed by atoms with Crippen LogP contribution in [0, 0.1) is 5.41 Å². The maximum Gasteiger partial charge on any atom is 0.0458 e. The van der Waals surface area contributed by atoms with Crippen LogP contribution in [-0.2, 0) is 6.42 Å². The molecule has 118 valence electrons. The van der Waals surface area contributed by atoms with Crippen molar-refractivity contribution in [3.05, 3.63) is 46.4 Å². The summed E-state index contributed by atoms with van der Waals surface area (Å²) >= 11 is 0. The Morgan fingerprint density at radius 3 is 2.77 bits per heavy atom. The number of hydrogen-bond donors (Lipinski definition) is 2. The van der Waals surface area contributed by atoms with Gasteiger partial charge in [-0.05, 0) is 73.3 Å². The van der Waals surface area contributed by atoms with E-state index in [4.69, 9.17) is 0 Å². The molecule has 0 aromatic carbocycles. The van der Waals surface area contributed by atoms with Crippen molar-refractivity contribution in [1.82, 2.24) is 10.3 Å². The Balaban J connectivity index is 1.93. The predicted octanol–water partition coefficient (Wildman–Crippen LogP) is 5.06. The van der Waals surface area contributed by atoms with Crippen LogP contribution in [0.4, 0.5) is 0 Å². The summed E-state index contributed by atoms with van der Waals surface area (Å²) < 4.78 is 0. The van der Waals surface area contributed by atoms with E-state index in [0.717, 1.165) is 19.3 Å². The molecule has 0 bridgehead atoms. The fourth-order valence-electron chi connectivity index (χ4n) is 3.68. The molecular formula is C20H28N2. The fourth-order valence-corrected chi connectivity index (χ4v) is 3.68. The first-order valence-electron chi connectivity index (χ1n) is 8.38. The van der Waals surface area contributed by atoms with Crippen LogP contribution in [0.2, 0.25) is 0 Å². The van der Waals surface area contributed by atoms with Crippen LogP contribution in [0.1, 0.15) is 63.4 Å². The molecule has 22 heavy (non-hydrogen) atoms. The molecule has 3 rings (SSSR count). The number of fused-ring (bicyclic) bond motifs is 1. The summed E-state index contributed by atoms with van der Waals surface area (Å²) in [6.07, 6.45) is 8.05. The molecule has 0 unspecified atom stereocenters. The zero-order valence-corrected chi connectivity index (χ0v) is 14.4. The van der Waals surface area contributed by atoms with Gasteiger partial charge < -0.3 is 10.3 Å². The van der Waals surface area contributed by atoms with Crippen molar-refractivity contribution < 1.29 is 0 Å². The Kier molecular flexibility index (Phi) is 3.80.